The van der Waals surface area contributed by atoms with E-state index in [1.54, 1.807) is 25.3 Å². The van der Waals surface area contributed by atoms with Gasteiger partial charge in [-0.1, -0.05) is 23.2 Å². The van der Waals surface area contributed by atoms with Crippen molar-refractivity contribution in [1.29, 1.82) is 0 Å². The van der Waals surface area contributed by atoms with Gasteiger partial charge in [-0.15, -0.1) is 0 Å². The van der Waals surface area contributed by atoms with Crippen LogP contribution in [0.15, 0.2) is 36.4 Å². The molecule has 3 nitrogen and oxygen atoms in total. The first-order valence-corrected chi connectivity index (χ1v) is 7.33. The molecule has 0 radical (unpaired) electrons. The number of anilines is 2. The Kier molecular flexibility index (Phi) is 5.28. The van der Waals surface area contributed by atoms with Crippen molar-refractivity contribution in [2.45, 2.75) is 6.92 Å². The van der Waals surface area contributed by atoms with E-state index in [1.807, 2.05) is 25.1 Å². The lowest BCUT2D eigenvalue weighted by molar-refractivity contribution is 0.414. The normalized spacial score (nSPS) is 10.1. The van der Waals surface area contributed by atoms with Crippen LogP contribution in [0.5, 0.6) is 5.75 Å². The maximum Gasteiger partial charge on any atom is 0.175 e. The summed E-state index contributed by atoms with van der Waals surface area (Å²) in [5.41, 5.74) is 2.58. The highest BCUT2D eigenvalue weighted by atomic mass is 35.5. The second kappa shape index (κ2) is 6.98. The summed E-state index contributed by atoms with van der Waals surface area (Å²) < 4.78 is 5.17. The first-order chi connectivity index (χ1) is 9.99. The third-order valence-electron chi connectivity index (χ3n) is 2.86. The average Bonchev–Trinajstić information content (AvgIpc) is 2.45. The molecule has 2 aromatic rings. The number of hydrogen-bond acceptors (Lipinski definition) is 2. The summed E-state index contributed by atoms with van der Waals surface area (Å²) in [6, 6.07) is 10.9. The van der Waals surface area contributed by atoms with Crippen LogP contribution in [0.1, 0.15) is 5.56 Å². The summed E-state index contributed by atoms with van der Waals surface area (Å²) in [6.45, 7) is 1.97. The number of halogens is 2. The molecule has 0 saturated carbocycles. The van der Waals surface area contributed by atoms with Crippen LogP contribution in [0.25, 0.3) is 0 Å². The smallest absolute Gasteiger partial charge is 0.175 e. The largest absolute Gasteiger partial charge is 0.497 e. The fourth-order valence-corrected chi connectivity index (χ4v) is 2.33. The molecule has 0 aliphatic carbocycles. The third-order valence-corrected chi connectivity index (χ3v) is 3.63. The number of methoxy groups -OCH3 is 1. The number of nitrogens with one attached hydrogen (secondary N) is 2. The van der Waals surface area contributed by atoms with Crippen molar-refractivity contribution in [3.05, 3.63) is 52.0 Å². The first kappa shape index (κ1) is 15.9. The summed E-state index contributed by atoms with van der Waals surface area (Å²) in [6.07, 6.45) is 0. The van der Waals surface area contributed by atoms with Gasteiger partial charge in [0.05, 0.1) is 17.8 Å². The molecule has 0 aliphatic heterocycles. The Labute approximate surface area is 139 Å². The van der Waals surface area contributed by atoms with Gasteiger partial charge in [0, 0.05) is 10.7 Å². The molecular formula is C15H14Cl2N2OS. The van der Waals surface area contributed by atoms with Crippen molar-refractivity contribution < 1.29 is 4.74 Å². The number of thiocarbonyl (C=S) groups is 1. The lowest BCUT2D eigenvalue weighted by Crippen LogP contribution is -2.19. The molecule has 0 fully saturated rings. The summed E-state index contributed by atoms with van der Waals surface area (Å²) in [5, 5.41) is 7.72. The van der Waals surface area contributed by atoms with E-state index in [0.717, 1.165) is 17.0 Å². The second-order valence-corrected chi connectivity index (χ2v) is 5.64. The van der Waals surface area contributed by atoms with Crippen LogP contribution in [0, 0.1) is 6.92 Å². The molecule has 0 saturated heterocycles. The molecule has 2 rings (SSSR count). The van der Waals surface area contributed by atoms with Crippen molar-refractivity contribution in [2.24, 2.45) is 0 Å². The summed E-state index contributed by atoms with van der Waals surface area (Å²) in [7, 11) is 1.63. The first-order valence-electron chi connectivity index (χ1n) is 6.17. The molecule has 0 bridgehead atoms. The topological polar surface area (TPSA) is 33.3 Å². The molecule has 0 amide bonds. The molecular weight excluding hydrogens is 327 g/mol. The lowest BCUT2D eigenvalue weighted by Gasteiger charge is -2.14. The quantitative estimate of drug-likeness (QED) is 0.759. The molecule has 0 atom stereocenters. The maximum atomic E-state index is 6.09. The Morgan fingerprint density at radius 1 is 1.05 bits per heavy atom. The Bertz CT molecular complexity index is 677. The minimum atomic E-state index is 0.437. The highest BCUT2D eigenvalue weighted by molar-refractivity contribution is 7.80. The maximum absolute atomic E-state index is 6.09. The highest BCUT2D eigenvalue weighted by Crippen LogP contribution is 2.26. The van der Waals surface area contributed by atoms with Gasteiger partial charge in [-0.2, -0.15) is 0 Å². The second-order valence-electron chi connectivity index (χ2n) is 4.38. The molecule has 0 spiro atoms. The Hall–Kier alpha value is -1.49. The lowest BCUT2D eigenvalue weighted by atomic mass is 10.2. The van der Waals surface area contributed by atoms with Crippen molar-refractivity contribution in [2.75, 3.05) is 17.7 Å². The predicted octanol–water partition coefficient (Wildman–Crippen LogP) is 5.12. The van der Waals surface area contributed by atoms with Gasteiger partial charge < -0.3 is 15.4 Å². The summed E-state index contributed by atoms with van der Waals surface area (Å²) >= 11 is 17.3. The van der Waals surface area contributed by atoms with E-state index in [9.17, 15) is 0 Å². The third kappa shape index (κ3) is 4.24. The van der Waals surface area contributed by atoms with Crippen LogP contribution in [0.3, 0.4) is 0 Å². The van der Waals surface area contributed by atoms with Crippen LogP contribution in [-0.4, -0.2) is 12.2 Å². The van der Waals surface area contributed by atoms with Gasteiger partial charge in [-0.25, -0.2) is 0 Å². The SMILES string of the molecule is COc1ccc(NC(=S)Nc2cc(Cl)ccc2Cl)c(C)c1. The van der Waals surface area contributed by atoms with E-state index in [1.165, 1.54) is 0 Å². The van der Waals surface area contributed by atoms with Crippen LogP contribution in [0.4, 0.5) is 11.4 Å². The zero-order valence-corrected chi connectivity index (χ0v) is 13.9. The van der Waals surface area contributed by atoms with Gasteiger partial charge in [0.1, 0.15) is 5.75 Å². The van der Waals surface area contributed by atoms with Gasteiger partial charge in [0.2, 0.25) is 0 Å². The van der Waals surface area contributed by atoms with Crippen LogP contribution < -0.4 is 15.4 Å². The fourth-order valence-electron chi connectivity index (χ4n) is 1.77. The van der Waals surface area contributed by atoms with Gasteiger partial charge >= 0.3 is 0 Å². The standard InChI is InChI=1S/C15H14Cl2N2OS/c1-9-7-11(20-2)4-6-13(9)18-15(21)19-14-8-10(16)3-5-12(14)17/h3-8H,1-2H3,(H2,18,19,21). The number of benzene rings is 2. The van der Waals surface area contributed by atoms with E-state index in [0.29, 0.717) is 20.8 Å². The Balaban J connectivity index is 2.10. The molecule has 2 N–H and O–H groups in total. The number of rotatable bonds is 3. The number of ether oxygens (including phenoxy) is 1. The van der Waals surface area contributed by atoms with Crippen LogP contribution >= 0.6 is 35.4 Å². The van der Waals surface area contributed by atoms with E-state index in [4.69, 9.17) is 40.2 Å². The molecule has 110 valence electrons. The zero-order valence-electron chi connectivity index (χ0n) is 11.5. The van der Waals surface area contributed by atoms with Gasteiger partial charge in [0.25, 0.3) is 0 Å². The number of hydrogen-bond donors (Lipinski definition) is 2. The van der Waals surface area contributed by atoms with Crippen LogP contribution in [-0.2, 0) is 0 Å². The molecule has 2 aromatic carbocycles. The molecule has 0 unspecified atom stereocenters. The zero-order chi connectivity index (χ0) is 15.4. The fraction of sp³-hybridized carbons (Fsp3) is 0.133. The van der Waals surface area contributed by atoms with E-state index in [2.05, 4.69) is 10.6 Å². The van der Waals surface area contributed by atoms with Gasteiger partial charge in [-0.3, -0.25) is 0 Å². The van der Waals surface area contributed by atoms with Crippen molar-refractivity contribution in [3.63, 3.8) is 0 Å². The molecule has 0 aliphatic rings. The highest BCUT2D eigenvalue weighted by Gasteiger charge is 2.06. The summed E-state index contributed by atoms with van der Waals surface area (Å²) in [5.74, 6) is 0.801. The summed E-state index contributed by atoms with van der Waals surface area (Å²) in [4.78, 5) is 0. The van der Waals surface area contributed by atoms with E-state index < -0.39 is 0 Å². The minimum absolute atomic E-state index is 0.437. The molecule has 21 heavy (non-hydrogen) atoms. The van der Waals surface area contributed by atoms with Gasteiger partial charge in [0.15, 0.2) is 5.11 Å². The van der Waals surface area contributed by atoms with Crippen molar-refractivity contribution in [3.8, 4) is 5.75 Å². The van der Waals surface area contributed by atoms with Crippen LogP contribution in [0.2, 0.25) is 10.0 Å². The van der Waals surface area contributed by atoms with Crippen molar-refractivity contribution >= 4 is 51.9 Å². The Morgan fingerprint density at radius 3 is 2.43 bits per heavy atom. The van der Waals surface area contributed by atoms with E-state index in [-0.39, 0.29) is 0 Å². The monoisotopic (exact) mass is 340 g/mol. The van der Waals surface area contributed by atoms with Crippen molar-refractivity contribution in [1.82, 2.24) is 0 Å². The molecule has 0 aromatic heterocycles. The number of aryl methyl sites for hydroxylation is 1. The van der Waals surface area contributed by atoms with Gasteiger partial charge in [-0.05, 0) is 61.1 Å². The minimum Gasteiger partial charge on any atom is -0.497 e. The average molecular weight is 341 g/mol. The Morgan fingerprint density at radius 2 is 1.76 bits per heavy atom. The molecule has 0 heterocycles. The molecule has 6 heteroatoms. The predicted molar refractivity (Wildman–Crippen MR) is 94.0 cm³/mol. The van der Waals surface area contributed by atoms with E-state index >= 15 is 0 Å².